The number of benzene rings is 2. The molecule has 1 aliphatic heterocycles. The van der Waals surface area contributed by atoms with Crippen LogP contribution in [-0.4, -0.2) is 26.9 Å². The Labute approximate surface area is 204 Å². The van der Waals surface area contributed by atoms with Crippen molar-refractivity contribution in [2.45, 2.75) is 0 Å². The summed E-state index contributed by atoms with van der Waals surface area (Å²) >= 11 is 7.55. The van der Waals surface area contributed by atoms with Gasteiger partial charge in [0.15, 0.2) is 5.17 Å². The van der Waals surface area contributed by atoms with Gasteiger partial charge in [-0.3, -0.25) is 19.6 Å². The second-order valence-electron chi connectivity index (χ2n) is 7.28. The number of aliphatic imine (C=N–C) groups is 1. The fourth-order valence-corrected chi connectivity index (χ4v) is 4.29. The molecular weight excluding hydrogens is 470 g/mol. The molecule has 0 spiro atoms. The molecule has 2 aromatic heterocycles. The van der Waals surface area contributed by atoms with Crippen molar-refractivity contribution in [1.29, 1.82) is 0 Å². The predicted molar refractivity (Wildman–Crippen MR) is 137 cm³/mol. The zero-order valence-electron chi connectivity index (χ0n) is 17.5. The van der Waals surface area contributed by atoms with E-state index in [-0.39, 0.29) is 11.8 Å². The Kier molecular flexibility index (Phi) is 6.07. The van der Waals surface area contributed by atoms with Gasteiger partial charge in [0.05, 0.1) is 21.1 Å². The molecule has 2 amide bonds. The number of amides is 2. The Bertz CT molecular complexity index is 1490. The zero-order valence-corrected chi connectivity index (χ0v) is 19.1. The summed E-state index contributed by atoms with van der Waals surface area (Å²) in [5.74, 6) is -0.679. The minimum Gasteiger partial charge on any atom is -0.333 e. The van der Waals surface area contributed by atoms with Crippen molar-refractivity contribution in [2.75, 3.05) is 10.6 Å². The molecule has 5 rings (SSSR count). The first-order chi connectivity index (χ1) is 16.5. The Hall–Kier alpha value is -4.01. The molecule has 2 N–H and O–H groups in total. The molecule has 0 saturated heterocycles. The second kappa shape index (κ2) is 9.46. The van der Waals surface area contributed by atoms with Gasteiger partial charge in [-0.15, -0.1) is 0 Å². The third kappa shape index (κ3) is 4.83. The summed E-state index contributed by atoms with van der Waals surface area (Å²) in [5.41, 5.74) is 3.10. The highest BCUT2D eigenvalue weighted by atomic mass is 35.5. The predicted octanol–water partition coefficient (Wildman–Crippen LogP) is 5.62. The lowest BCUT2D eigenvalue weighted by Gasteiger charge is -2.10. The molecule has 166 valence electrons. The van der Waals surface area contributed by atoms with Gasteiger partial charge in [0.25, 0.3) is 11.8 Å². The minimum absolute atomic E-state index is 0.299. The first kappa shape index (κ1) is 21.8. The van der Waals surface area contributed by atoms with E-state index >= 15 is 0 Å². The Balaban J connectivity index is 1.31. The van der Waals surface area contributed by atoms with Gasteiger partial charge in [0, 0.05) is 23.5 Å². The molecule has 0 atom stereocenters. The molecule has 7 nitrogen and oxygen atoms in total. The van der Waals surface area contributed by atoms with Crippen LogP contribution in [0.25, 0.3) is 17.0 Å². The summed E-state index contributed by atoms with van der Waals surface area (Å²) < 4.78 is 0. The first-order valence-corrected chi connectivity index (χ1v) is 11.4. The van der Waals surface area contributed by atoms with E-state index in [1.165, 1.54) is 11.8 Å². The van der Waals surface area contributed by atoms with Crippen LogP contribution in [0, 0.1) is 0 Å². The highest BCUT2D eigenvalue weighted by Gasteiger charge is 2.23. The third-order valence-electron chi connectivity index (χ3n) is 4.91. The highest BCUT2D eigenvalue weighted by molar-refractivity contribution is 8.18. The van der Waals surface area contributed by atoms with E-state index in [0.29, 0.717) is 32.2 Å². The largest absolute Gasteiger partial charge is 0.333 e. The zero-order chi connectivity index (χ0) is 23.5. The van der Waals surface area contributed by atoms with E-state index in [2.05, 4.69) is 25.6 Å². The number of thioether (sulfide) groups is 1. The number of rotatable bonds is 4. The van der Waals surface area contributed by atoms with Gasteiger partial charge < -0.3 is 10.6 Å². The van der Waals surface area contributed by atoms with Crippen molar-refractivity contribution in [1.82, 2.24) is 9.97 Å². The number of amidine groups is 1. The molecule has 2 aromatic carbocycles. The Morgan fingerprint density at radius 1 is 0.971 bits per heavy atom. The molecule has 9 heteroatoms. The average Bonchev–Trinajstić information content (AvgIpc) is 3.20. The van der Waals surface area contributed by atoms with Crippen LogP contribution in [0.2, 0.25) is 5.02 Å². The van der Waals surface area contributed by atoms with Crippen molar-refractivity contribution in [3.63, 3.8) is 0 Å². The van der Waals surface area contributed by atoms with Gasteiger partial charge in [-0.05, 0) is 71.9 Å². The number of hydrogen-bond donors (Lipinski definition) is 2. The van der Waals surface area contributed by atoms with Crippen molar-refractivity contribution in [2.24, 2.45) is 4.99 Å². The van der Waals surface area contributed by atoms with Crippen LogP contribution in [0.4, 0.5) is 11.4 Å². The summed E-state index contributed by atoms with van der Waals surface area (Å²) in [5, 5.41) is 7.67. The van der Waals surface area contributed by atoms with Crippen molar-refractivity contribution >= 4 is 68.7 Å². The molecule has 1 aliphatic rings. The maximum Gasteiger partial charge on any atom is 0.286 e. The number of halogens is 1. The van der Waals surface area contributed by atoms with Crippen molar-refractivity contribution < 1.29 is 9.59 Å². The van der Waals surface area contributed by atoms with E-state index in [1.807, 2.05) is 30.3 Å². The van der Waals surface area contributed by atoms with E-state index < -0.39 is 0 Å². The molecule has 0 bridgehead atoms. The maximum atomic E-state index is 12.5. The molecule has 0 aliphatic carbocycles. The second-order valence-corrected chi connectivity index (χ2v) is 8.71. The van der Waals surface area contributed by atoms with Crippen LogP contribution in [0.15, 0.2) is 89.0 Å². The number of aromatic nitrogens is 2. The van der Waals surface area contributed by atoms with E-state index in [1.54, 1.807) is 54.9 Å². The van der Waals surface area contributed by atoms with Crippen molar-refractivity contribution in [3.05, 3.63) is 100 Å². The molecule has 0 saturated carbocycles. The van der Waals surface area contributed by atoms with E-state index in [9.17, 15) is 9.59 Å². The number of pyridine rings is 2. The molecule has 34 heavy (non-hydrogen) atoms. The standard InChI is InChI=1S/C25H16ClN5O2S/c26-18-8-7-17(29-23(32)20-5-1-2-10-28-20)14-21(18)30-25-31-24(33)22(34-25)13-15-6-9-19-16(12-15)4-3-11-27-19/h1-14H,(H,29,32)(H,30,31,33). The summed E-state index contributed by atoms with van der Waals surface area (Å²) in [6.45, 7) is 0. The van der Waals surface area contributed by atoms with Crippen molar-refractivity contribution in [3.8, 4) is 0 Å². The number of carbonyl (C=O) groups excluding carboxylic acids is 2. The normalized spacial score (nSPS) is 14.3. The summed E-state index contributed by atoms with van der Waals surface area (Å²) in [4.78, 5) is 37.8. The molecule has 4 aromatic rings. The van der Waals surface area contributed by atoms with Gasteiger partial charge in [-0.2, -0.15) is 4.99 Å². The summed E-state index contributed by atoms with van der Waals surface area (Å²) in [6, 6.07) is 19.8. The first-order valence-electron chi connectivity index (χ1n) is 10.2. The van der Waals surface area contributed by atoms with Gasteiger partial charge in [0.2, 0.25) is 0 Å². The molecule has 0 fully saturated rings. The van der Waals surface area contributed by atoms with Crippen LogP contribution in [0.1, 0.15) is 16.1 Å². The average molecular weight is 486 g/mol. The van der Waals surface area contributed by atoms with Crippen LogP contribution < -0.4 is 10.6 Å². The van der Waals surface area contributed by atoms with Crippen LogP contribution in [-0.2, 0) is 4.79 Å². The highest BCUT2D eigenvalue weighted by Crippen LogP contribution is 2.32. The van der Waals surface area contributed by atoms with Gasteiger partial charge in [-0.1, -0.05) is 29.8 Å². The number of fused-ring (bicyclic) bond motifs is 1. The lowest BCUT2D eigenvalue weighted by molar-refractivity contribution is -0.113. The van der Waals surface area contributed by atoms with E-state index in [4.69, 9.17) is 11.6 Å². The van der Waals surface area contributed by atoms with Gasteiger partial charge >= 0.3 is 0 Å². The minimum atomic E-state index is -0.340. The lowest BCUT2D eigenvalue weighted by Crippen LogP contribution is -2.14. The van der Waals surface area contributed by atoms with Gasteiger partial charge in [-0.25, -0.2) is 0 Å². The molecule has 3 heterocycles. The monoisotopic (exact) mass is 485 g/mol. The smallest absolute Gasteiger partial charge is 0.286 e. The van der Waals surface area contributed by atoms with Crippen LogP contribution in [0.5, 0.6) is 0 Å². The summed E-state index contributed by atoms with van der Waals surface area (Å²) in [6.07, 6.45) is 5.09. The lowest BCUT2D eigenvalue weighted by atomic mass is 10.1. The molecule has 0 unspecified atom stereocenters. The fraction of sp³-hybridized carbons (Fsp3) is 0. The number of nitrogens with zero attached hydrogens (tertiary/aromatic N) is 3. The third-order valence-corrected chi connectivity index (χ3v) is 6.14. The SMILES string of the molecule is O=C1N=C(Nc2cc(NC(=O)c3ccccn3)ccc2Cl)SC1=Cc1ccc2ncccc2c1. The Morgan fingerprint density at radius 2 is 1.85 bits per heavy atom. The quantitative estimate of drug-likeness (QED) is 0.364. The molecule has 0 radical (unpaired) electrons. The number of nitrogens with one attached hydrogen (secondary N) is 2. The molecular formula is C25H16ClN5O2S. The topological polar surface area (TPSA) is 96.3 Å². The van der Waals surface area contributed by atoms with E-state index in [0.717, 1.165) is 16.5 Å². The van der Waals surface area contributed by atoms with Gasteiger partial charge in [0.1, 0.15) is 5.69 Å². The maximum absolute atomic E-state index is 12.5. The fourth-order valence-electron chi connectivity index (χ4n) is 3.30. The van der Waals surface area contributed by atoms with Crippen LogP contribution >= 0.6 is 23.4 Å². The van der Waals surface area contributed by atoms with Crippen LogP contribution in [0.3, 0.4) is 0 Å². The Morgan fingerprint density at radius 3 is 2.71 bits per heavy atom. The number of anilines is 2. The summed E-state index contributed by atoms with van der Waals surface area (Å²) in [7, 11) is 0. The number of hydrogen-bond acceptors (Lipinski definition) is 6. The number of carbonyl (C=O) groups is 2.